The molecule has 0 aliphatic carbocycles. The summed E-state index contributed by atoms with van der Waals surface area (Å²) in [5, 5.41) is 3.60. The first-order valence-corrected chi connectivity index (χ1v) is 6.63. The van der Waals surface area contributed by atoms with Crippen molar-refractivity contribution >= 4 is 0 Å². The van der Waals surface area contributed by atoms with E-state index in [1.165, 1.54) is 32.5 Å². The van der Waals surface area contributed by atoms with Crippen LogP contribution < -0.4 is 5.32 Å². The van der Waals surface area contributed by atoms with Crippen molar-refractivity contribution in [3.05, 3.63) is 0 Å². The maximum atomic E-state index is 3.60. The summed E-state index contributed by atoms with van der Waals surface area (Å²) >= 11 is 0. The zero-order valence-corrected chi connectivity index (χ0v) is 11.1. The summed E-state index contributed by atoms with van der Waals surface area (Å²) in [6, 6.07) is 0.651. The van der Waals surface area contributed by atoms with Crippen molar-refractivity contribution in [2.45, 2.75) is 46.1 Å². The highest BCUT2D eigenvalue weighted by Crippen LogP contribution is 2.20. The van der Waals surface area contributed by atoms with Crippen LogP contribution in [0.25, 0.3) is 0 Å². The van der Waals surface area contributed by atoms with Crippen LogP contribution >= 0.6 is 0 Å². The number of hydrogen-bond acceptors (Lipinski definition) is 2. The highest BCUT2D eigenvalue weighted by molar-refractivity contribution is 4.95. The Labute approximate surface area is 101 Å². The molecule has 2 nitrogen and oxygen atoms in total. The normalized spacial score (nSPS) is 20.2. The lowest BCUT2D eigenvalue weighted by atomic mass is 9.90. The van der Waals surface area contributed by atoms with Crippen LogP contribution in [-0.2, 0) is 0 Å². The molecule has 1 rings (SSSR count). The van der Waals surface area contributed by atoms with E-state index >= 15 is 0 Å². The zero-order valence-electron chi connectivity index (χ0n) is 11.1. The molecule has 1 N–H and O–H groups in total. The van der Waals surface area contributed by atoms with Gasteiger partial charge in [-0.05, 0) is 52.2 Å². The van der Waals surface area contributed by atoms with Gasteiger partial charge >= 0.3 is 0 Å². The lowest BCUT2D eigenvalue weighted by molar-refractivity contribution is 0.169. The molecule has 0 spiro atoms. The molecule has 1 atom stereocenters. The number of nitrogens with one attached hydrogen (secondary N) is 1. The molecule has 1 aliphatic rings. The second-order valence-corrected chi connectivity index (χ2v) is 4.69. The van der Waals surface area contributed by atoms with E-state index in [4.69, 9.17) is 0 Å². The van der Waals surface area contributed by atoms with Crippen molar-refractivity contribution in [3.63, 3.8) is 0 Å². The second-order valence-electron chi connectivity index (χ2n) is 4.69. The first kappa shape index (κ1) is 13.5. The SMILES string of the molecule is CC#CCCNC(C)C1CCN(CC)CC1. The van der Waals surface area contributed by atoms with Gasteiger partial charge in [-0.2, -0.15) is 0 Å². The van der Waals surface area contributed by atoms with E-state index in [1.54, 1.807) is 0 Å². The van der Waals surface area contributed by atoms with Crippen LogP contribution in [0.1, 0.15) is 40.0 Å². The third-order valence-electron chi connectivity index (χ3n) is 3.68. The van der Waals surface area contributed by atoms with E-state index in [0.717, 1.165) is 18.9 Å². The predicted octanol–water partition coefficient (Wildman–Crippen LogP) is 2.11. The molecule has 1 unspecified atom stereocenters. The molecule has 1 saturated heterocycles. The molecule has 0 bridgehead atoms. The third kappa shape index (κ3) is 4.55. The minimum atomic E-state index is 0.651. The van der Waals surface area contributed by atoms with Gasteiger partial charge in [0.05, 0.1) is 0 Å². The number of nitrogens with zero attached hydrogens (tertiary/aromatic N) is 1. The number of rotatable bonds is 5. The van der Waals surface area contributed by atoms with Crippen LogP contribution in [-0.4, -0.2) is 37.1 Å². The van der Waals surface area contributed by atoms with E-state index < -0.39 is 0 Å². The Morgan fingerprint density at radius 3 is 2.62 bits per heavy atom. The Morgan fingerprint density at radius 2 is 2.06 bits per heavy atom. The Hall–Kier alpha value is -0.520. The largest absolute Gasteiger partial charge is 0.313 e. The monoisotopic (exact) mass is 222 g/mol. The molecule has 0 radical (unpaired) electrons. The van der Waals surface area contributed by atoms with Crippen LogP contribution in [0.4, 0.5) is 0 Å². The highest BCUT2D eigenvalue weighted by Gasteiger charge is 2.22. The van der Waals surface area contributed by atoms with Gasteiger partial charge in [0, 0.05) is 19.0 Å². The fourth-order valence-corrected chi connectivity index (χ4v) is 2.42. The van der Waals surface area contributed by atoms with Crippen LogP contribution in [0.2, 0.25) is 0 Å². The molecule has 0 aromatic rings. The number of likely N-dealkylation sites (tertiary alicyclic amines) is 1. The van der Waals surface area contributed by atoms with Crippen LogP contribution in [0.15, 0.2) is 0 Å². The van der Waals surface area contributed by atoms with Gasteiger partial charge in [0.2, 0.25) is 0 Å². The summed E-state index contributed by atoms with van der Waals surface area (Å²) in [6.07, 6.45) is 3.68. The molecule has 0 saturated carbocycles. The van der Waals surface area contributed by atoms with E-state index in [-0.39, 0.29) is 0 Å². The molecule has 92 valence electrons. The molecular formula is C14H26N2. The topological polar surface area (TPSA) is 15.3 Å². The Kier molecular flexibility index (Phi) is 6.52. The van der Waals surface area contributed by atoms with Crippen molar-refractivity contribution in [3.8, 4) is 11.8 Å². The standard InChI is InChI=1S/C14H26N2/c1-4-6-7-10-15-13(3)14-8-11-16(5-2)12-9-14/h13-15H,5,7-12H2,1-3H3. The van der Waals surface area contributed by atoms with Gasteiger partial charge in [0.25, 0.3) is 0 Å². The van der Waals surface area contributed by atoms with Crippen molar-refractivity contribution in [1.29, 1.82) is 0 Å². The summed E-state index contributed by atoms with van der Waals surface area (Å²) in [5.74, 6) is 6.90. The van der Waals surface area contributed by atoms with E-state index in [1.807, 2.05) is 6.92 Å². The predicted molar refractivity (Wildman–Crippen MR) is 70.4 cm³/mol. The van der Waals surface area contributed by atoms with Gasteiger partial charge in [-0.3, -0.25) is 0 Å². The summed E-state index contributed by atoms with van der Waals surface area (Å²) in [6.45, 7) is 11.3. The molecule has 0 amide bonds. The zero-order chi connectivity index (χ0) is 11.8. The average molecular weight is 222 g/mol. The molecule has 0 aromatic carbocycles. The van der Waals surface area contributed by atoms with E-state index in [0.29, 0.717) is 6.04 Å². The first-order chi connectivity index (χ1) is 7.77. The molecule has 2 heteroatoms. The van der Waals surface area contributed by atoms with Crippen molar-refractivity contribution in [1.82, 2.24) is 10.2 Å². The maximum absolute atomic E-state index is 3.60. The van der Waals surface area contributed by atoms with Gasteiger partial charge < -0.3 is 10.2 Å². The smallest absolute Gasteiger partial charge is 0.0214 e. The summed E-state index contributed by atoms with van der Waals surface area (Å²) in [5.41, 5.74) is 0. The van der Waals surface area contributed by atoms with Gasteiger partial charge in [-0.25, -0.2) is 0 Å². The molecule has 16 heavy (non-hydrogen) atoms. The second kappa shape index (κ2) is 7.70. The van der Waals surface area contributed by atoms with Crippen molar-refractivity contribution < 1.29 is 0 Å². The van der Waals surface area contributed by atoms with E-state index in [2.05, 4.69) is 35.9 Å². The maximum Gasteiger partial charge on any atom is 0.0214 e. The molecule has 0 aromatic heterocycles. The van der Waals surface area contributed by atoms with E-state index in [9.17, 15) is 0 Å². The average Bonchev–Trinajstić information content (AvgIpc) is 2.34. The van der Waals surface area contributed by atoms with Crippen LogP contribution in [0.5, 0.6) is 0 Å². The first-order valence-electron chi connectivity index (χ1n) is 6.63. The third-order valence-corrected chi connectivity index (χ3v) is 3.68. The van der Waals surface area contributed by atoms with Crippen molar-refractivity contribution in [2.24, 2.45) is 5.92 Å². The summed E-state index contributed by atoms with van der Waals surface area (Å²) in [7, 11) is 0. The lowest BCUT2D eigenvalue weighted by Gasteiger charge is -2.34. The van der Waals surface area contributed by atoms with Crippen LogP contribution in [0.3, 0.4) is 0 Å². The molecule has 1 aliphatic heterocycles. The lowest BCUT2D eigenvalue weighted by Crippen LogP contribution is -2.42. The molecule has 1 heterocycles. The van der Waals surface area contributed by atoms with Gasteiger partial charge in [-0.1, -0.05) is 6.92 Å². The summed E-state index contributed by atoms with van der Waals surface area (Å²) < 4.78 is 0. The van der Waals surface area contributed by atoms with Gasteiger partial charge in [0.15, 0.2) is 0 Å². The fourth-order valence-electron chi connectivity index (χ4n) is 2.42. The quantitative estimate of drug-likeness (QED) is 0.566. The van der Waals surface area contributed by atoms with Crippen LogP contribution in [0, 0.1) is 17.8 Å². The van der Waals surface area contributed by atoms with Gasteiger partial charge in [0.1, 0.15) is 0 Å². The molecule has 1 fully saturated rings. The Balaban J connectivity index is 2.16. The molecular weight excluding hydrogens is 196 g/mol. The van der Waals surface area contributed by atoms with Crippen molar-refractivity contribution in [2.75, 3.05) is 26.2 Å². The minimum Gasteiger partial charge on any atom is -0.313 e. The minimum absolute atomic E-state index is 0.651. The number of hydrogen-bond donors (Lipinski definition) is 1. The highest BCUT2D eigenvalue weighted by atomic mass is 15.1. The Morgan fingerprint density at radius 1 is 1.38 bits per heavy atom. The Bertz CT molecular complexity index is 231. The van der Waals surface area contributed by atoms with Gasteiger partial charge in [-0.15, -0.1) is 11.8 Å². The number of piperidine rings is 1. The fraction of sp³-hybridized carbons (Fsp3) is 0.857. The summed E-state index contributed by atoms with van der Waals surface area (Å²) in [4.78, 5) is 2.55.